The molecule has 138 valence electrons. The molecule has 0 spiro atoms. The van der Waals surface area contributed by atoms with E-state index < -0.39 is 0 Å². The minimum Gasteiger partial charge on any atom is -0.497 e. The van der Waals surface area contributed by atoms with Gasteiger partial charge in [0.25, 0.3) is 5.91 Å². The average molecular weight is 361 g/mol. The second kappa shape index (κ2) is 8.36. The largest absolute Gasteiger partial charge is 0.497 e. The van der Waals surface area contributed by atoms with E-state index in [0.717, 1.165) is 23.7 Å². The Hall–Kier alpha value is -3.34. The van der Waals surface area contributed by atoms with Crippen molar-refractivity contribution < 1.29 is 9.53 Å². The molecule has 0 aliphatic rings. The highest BCUT2D eigenvalue weighted by atomic mass is 16.5. The first-order valence-corrected chi connectivity index (χ1v) is 8.85. The van der Waals surface area contributed by atoms with Crippen molar-refractivity contribution in [2.75, 3.05) is 23.9 Å². The summed E-state index contributed by atoms with van der Waals surface area (Å²) in [7, 11) is 1.61. The van der Waals surface area contributed by atoms with Gasteiger partial charge in [-0.3, -0.25) is 9.78 Å². The molecule has 1 N–H and O–H groups in total. The van der Waals surface area contributed by atoms with Crippen molar-refractivity contribution in [3.05, 3.63) is 78.1 Å². The number of anilines is 3. The Labute approximate surface area is 159 Å². The van der Waals surface area contributed by atoms with E-state index in [9.17, 15) is 4.79 Å². The molecule has 1 heterocycles. The summed E-state index contributed by atoms with van der Waals surface area (Å²) in [6, 6.07) is 17.3. The van der Waals surface area contributed by atoms with E-state index in [1.54, 1.807) is 43.8 Å². The second-order valence-corrected chi connectivity index (χ2v) is 6.20. The third-order valence-corrected chi connectivity index (χ3v) is 4.28. The molecule has 5 heteroatoms. The van der Waals surface area contributed by atoms with Crippen LogP contribution in [-0.2, 0) is 0 Å². The lowest BCUT2D eigenvalue weighted by Gasteiger charge is -2.23. The van der Waals surface area contributed by atoms with Gasteiger partial charge in [0.2, 0.25) is 0 Å². The van der Waals surface area contributed by atoms with Crippen molar-refractivity contribution in [3.8, 4) is 5.75 Å². The van der Waals surface area contributed by atoms with E-state index in [4.69, 9.17) is 4.74 Å². The quantitative estimate of drug-likeness (QED) is 0.685. The molecule has 3 rings (SSSR count). The maximum Gasteiger partial charge on any atom is 0.257 e. The number of nitrogens with one attached hydrogen (secondary N) is 1. The first-order chi connectivity index (χ1) is 13.1. The summed E-state index contributed by atoms with van der Waals surface area (Å²) in [6.45, 7) is 4.91. The van der Waals surface area contributed by atoms with E-state index >= 15 is 0 Å². The van der Waals surface area contributed by atoms with Crippen LogP contribution in [0.5, 0.6) is 5.75 Å². The molecule has 0 bridgehead atoms. The van der Waals surface area contributed by atoms with Gasteiger partial charge in [0.15, 0.2) is 0 Å². The van der Waals surface area contributed by atoms with Gasteiger partial charge in [-0.05, 0) is 61.9 Å². The van der Waals surface area contributed by atoms with Gasteiger partial charge in [0, 0.05) is 24.1 Å². The van der Waals surface area contributed by atoms with Crippen LogP contribution >= 0.6 is 0 Å². The van der Waals surface area contributed by atoms with E-state index in [-0.39, 0.29) is 5.91 Å². The number of carbonyl (C=O) groups is 1. The van der Waals surface area contributed by atoms with Gasteiger partial charge in [0.1, 0.15) is 5.75 Å². The Morgan fingerprint density at radius 2 is 1.85 bits per heavy atom. The van der Waals surface area contributed by atoms with Crippen molar-refractivity contribution in [1.82, 2.24) is 4.98 Å². The third kappa shape index (κ3) is 4.44. The van der Waals surface area contributed by atoms with Crippen molar-refractivity contribution >= 4 is 23.0 Å². The van der Waals surface area contributed by atoms with Gasteiger partial charge in [-0.2, -0.15) is 0 Å². The highest BCUT2D eigenvalue weighted by molar-refractivity contribution is 6.04. The number of pyridine rings is 1. The van der Waals surface area contributed by atoms with Crippen LogP contribution in [-0.4, -0.2) is 24.5 Å². The molecule has 2 aromatic carbocycles. The maximum atomic E-state index is 12.6. The number of amides is 1. The fraction of sp³-hybridized carbons (Fsp3) is 0.182. The van der Waals surface area contributed by atoms with Crippen LogP contribution in [0.2, 0.25) is 0 Å². The van der Waals surface area contributed by atoms with Crippen LogP contribution in [0.3, 0.4) is 0 Å². The lowest BCUT2D eigenvalue weighted by Crippen LogP contribution is -2.18. The molecular formula is C22H23N3O2. The molecule has 5 nitrogen and oxygen atoms in total. The Kier molecular flexibility index (Phi) is 5.71. The highest BCUT2D eigenvalue weighted by Gasteiger charge is 2.12. The van der Waals surface area contributed by atoms with Crippen LogP contribution < -0.4 is 15.0 Å². The zero-order valence-corrected chi connectivity index (χ0v) is 15.8. The molecular weight excluding hydrogens is 338 g/mol. The molecule has 0 aliphatic carbocycles. The zero-order valence-electron chi connectivity index (χ0n) is 15.8. The Balaban J connectivity index is 1.82. The van der Waals surface area contributed by atoms with Crippen molar-refractivity contribution in [3.63, 3.8) is 0 Å². The Bertz CT molecular complexity index is 923. The number of aryl methyl sites for hydroxylation is 1. The molecule has 0 unspecified atom stereocenters. The summed E-state index contributed by atoms with van der Waals surface area (Å²) in [5.74, 6) is 0.545. The fourth-order valence-corrected chi connectivity index (χ4v) is 2.89. The molecule has 27 heavy (non-hydrogen) atoms. The van der Waals surface area contributed by atoms with Gasteiger partial charge < -0.3 is 15.0 Å². The number of hydrogen-bond acceptors (Lipinski definition) is 4. The smallest absolute Gasteiger partial charge is 0.257 e. The fourth-order valence-electron chi connectivity index (χ4n) is 2.89. The summed E-state index contributed by atoms with van der Waals surface area (Å²) in [5.41, 5.74) is 4.36. The van der Waals surface area contributed by atoms with Gasteiger partial charge in [0.05, 0.1) is 24.6 Å². The minimum atomic E-state index is -0.199. The van der Waals surface area contributed by atoms with Crippen molar-refractivity contribution in [2.24, 2.45) is 0 Å². The number of benzene rings is 2. The van der Waals surface area contributed by atoms with Gasteiger partial charge >= 0.3 is 0 Å². The van der Waals surface area contributed by atoms with Crippen molar-refractivity contribution in [1.29, 1.82) is 0 Å². The first kappa shape index (κ1) is 18.5. The number of ether oxygens (including phenoxy) is 1. The van der Waals surface area contributed by atoms with Gasteiger partial charge in [-0.1, -0.05) is 12.1 Å². The molecule has 0 atom stereocenters. The molecule has 0 saturated heterocycles. The van der Waals surface area contributed by atoms with Gasteiger partial charge in [-0.25, -0.2) is 0 Å². The summed E-state index contributed by atoms with van der Waals surface area (Å²) in [6.07, 6.45) is 3.35. The predicted molar refractivity (Wildman–Crippen MR) is 109 cm³/mol. The Morgan fingerprint density at radius 1 is 1.07 bits per heavy atom. The summed E-state index contributed by atoms with van der Waals surface area (Å²) in [5, 5.41) is 2.89. The third-order valence-electron chi connectivity index (χ3n) is 4.28. The molecule has 0 fully saturated rings. The molecule has 3 aromatic rings. The molecule has 1 aromatic heterocycles. The standard InChI is InChI=1S/C22H23N3O2/c1-4-25(19-7-5-6-16(2)12-19)20-13-17(14-23-15-20)22(26)24-18-8-10-21(27-3)11-9-18/h5-15H,4H2,1-3H3,(H,24,26). The first-order valence-electron chi connectivity index (χ1n) is 8.85. The lowest BCUT2D eigenvalue weighted by molar-refractivity contribution is 0.102. The number of carbonyl (C=O) groups excluding carboxylic acids is 1. The van der Waals surface area contributed by atoms with Crippen LogP contribution in [0, 0.1) is 6.92 Å². The predicted octanol–water partition coefficient (Wildman–Crippen LogP) is 4.81. The molecule has 0 radical (unpaired) electrons. The number of aromatic nitrogens is 1. The van der Waals surface area contributed by atoms with Crippen molar-refractivity contribution in [2.45, 2.75) is 13.8 Å². The Morgan fingerprint density at radius 3 is 2.52 bits per heavy atom. The maximum absolute atomic E-state index is 12.6. The van der Waals surface area contributed by atoms with Crippen LogP contribution in [0.4, 0.5) is 17.1 Å². The molecule has 0 saturated carbocycles. The van der Waals surface area contributed by atoms with E-state index in [1.807, 2.05) is 12.1 Å². The van der Waals surface area contributed by atoms with Crippen LogP contribution in [0.25, 0.3) is 0 Å². The van der Waals surface area contributed by atoms with E-state index in [2.05, 4.69) is 47.2 Å². The second-order valence-electron chi connectivity index (χ2n) is 6.20. The molecule has 0 aliphatic heterocycles. The SMILES string of the molecule is CCN(c1cccc(C)c1)c1cncc(C(=O)Nc2ccc(OC)cc2)c1. The summed E-state index contributed by atoms with van der Waals surface area (Å²) >= 11 is 0. The lowest BCUT2D eigenvalue weighted by atomic mass is 10.1. The number of nitrogens with zero attached hydrogens (tertiary/aromatic N) is 2. The minimum absolute atomic E-state index is 0.199. The number of rotatable bonds is 6. The average Bonchev–Trinajstić information content (AvgIpc) is 2.69. The summed E-state index contributed by atoms with van der Waals surface area (Å²) in [4.78, 5) is 19.0. The number of hydrogen-bond donors (Lipinski definition) is 1. The van der Waals surface area contributed by atoms with Crippen LogP contribution in [0.15, 0.2) is 67.0 Å². The normalized spacial score (nSPS) is 10.3. The summed E-state index contributed by atoms with van der Waals surface area (Å²) < 4.78 is 5.14. The van der Waals surface area contributed by atoms with E-state index in [0.29, 0.717) is 11.3 Å². The van der Waals surface area contributed by atoms with Crippen LogP contribution in [0.1, 0.15) is 22.8 Å². The monoisotopic (exact) mass is 361 g/mol. The zero-order chi connectivity index (χ0) is 19.2. The molecule has 1 amide bonds. The van der Waals surface area contributed by atoms with E-state index in [1.165, 1.54) is 5.56 Å². The topological polar surface area (TPSA) is 54.5 Å². The van der Waals surface area contributed by atoms with Gasteiger partial charge in [-0.15, -0.1) is 0 Å². The highest BCUT2D eigenvalue weighted by Crippen LogP contribution is 2.26. The number of methoxy groups -OCH3 is 1.